The molecule has 1 aliphatic heterocycles. The molecule has 4 N–H and O–H groups in total. The molecule has 0 radical (unpaired) electrons. The number of likely N-dealkylation sites (tertiary alicyclic amines) is 1. The van der Waals surface area contributed by atoms with Crippen molar-refractivity contribution in [3.05, 3.63) is 0 Å². The van der Waals surface area contributed by atoms with Gasteiger partial charge in [0.05, 0.1) is 13.1 Å². The zero-order chi connectivity index (χ0) is 26.7. The Kier molecular flexibility index (Phi) is 24.5. The van der Waals surface area contributed by atoms with E-state index < -0.39 is 5.97 Å². The number of nitrogens with one attached hydrogen (secondary N) is 1. The standard InChI is InChI=1S/C15H30N4O4.C6H13N.C4H10.H2O/c1-12(2)13(19(5)14(21)8-16-11-20)9-17(3)6-7-18(4)10-15(22)23;1-7-5-3-2-4-6-7;1-4(2)3;/h11-13H,6-10H2,1-5H3,(H,16,20)(H,22,23);2-6H2,1H3;4H,1-3H3;1H2/t13-;;;/m1.../s1. The van der Waals surface area contributed by atoms with Gasteiger partial charge in [0.25, 0.3) is 0 Å². The highest BCUT2D eigenvalue weighted by Crippen LogP contribution is 2.11. The number of hydrogen-bond donors (Lipinski definition) is 2. The molecule has 210 valence electrons. The van der Waals surface area contributed by atoms with Crippen molar-refractivity contribution in [3.63, 3.8) is 0 Å². The highest BCUT2D eigenvalue weighted by atomic mass is 16.4. The van der Waals surface area contributed by atoms with E-state index in [1.165, 1.54) is 32.4 Å². The van der Waals surface area contributed by atoms with Gasteiger partial charge in [-0.3, -0.25) is 19.3 Å². The minimum atomic E-state index is -0.844. The molecule has 0 aromatic heterocycles. The van der Waals surface area contributed by atoms with Crippen LogP contribution in [0.25, 0.3) is 0 Å². The highest BCUT2D eigenvalue weighted by Gasteiger charge is 2.24. The van der Waals surface area contributed by atoms with Gasteiger partial charge in [-0.05, 0) is 58.9 Å². The van der Waals surface area contributed by atoms with Crippen LogP contribution in [0.1, 0.15) is 53.9 Å². The second kappa shape index (κ2) is 22.7. The zero-order valence-corrected chi connectivity index (χ0v) is 23.8. The molecular weight excluding hydrogens is 450 g/mol. The normalized spacial score (nSPS) is 14.3. The molecule has 0 aliphatic carbocycles. The third-order valence-corrected chi connectivity index (χ3v) is 5.34. The van der Waals surface area contributed by atoms with Crippen LogP contribution in [-0.2, 0) is 14.4 Å². The van der Waals surface area contributed by atoms with Gasteiger partial charge < -0.3 is 30.6 Å². The maximum Gasteiger partial charge on any atom is 0.317 e. The molecule has 0 unspecified atom stereocenters. The predicted octanol–water partition coefficient (Wildman–Crippen LogP) is 1.10. The monoisotopic (exact) mass is 505 g/mol. The molecule has 1 fully saturated rings. The molecule has 0 aromatic carbocycles. The van der Waals surface area contributed by atoms with Crippen LogP contribution in [0, 0.1) is 11.8 Å². The summed E-state index contributed by atoms with van der Waals surface area (Å²) in [7, 11) is 7.65. The summed E-state index contributed by atoms with van der Waals surface area (Å²) in [5, 5.41) is 11.1. The Bertz CT molecular complexity index is 540. The van der Waals surface area contributed by atoms with Gasteiger partial charge in [0.1, 0.15) is 0 Å². The minimum Gasteiger partial charge on any atom is -0.480 e. The number of nitrogens with zero attached hydrogens (tertiary/aromatic N) is 4. The van der Waals surface area contributed by atoms with E-state index in [2.05, 4.69) is 42.9 Å². The van der Waals surface area contributed by atoms with Crippen LogP contribution in [-0.4, -0.2) is 129 Å². The Hall–Kier alpha value is -1.75. The fourth-order valence-corrected chi connectivity index (χ4v) is 3.33. The van der Waals surface area contributed by atoms with Crippen LogP contribution in [0.2, 0.25) is 0 Å². The summed E-state index contributed by atoms with van der Waals surface area (Å²) in [5.74, 6) is 0.120. The Morgan fingerprint density at radius 2 is 1.46 bits per heavy atom. The van der Waals surface area contributed by atoms with E-state index in [1.54, 1.807) is 23.9 Å². The average molecular weight is 506 g/mol. The van der Waals surface area contributed by atoms with Crippen LogP contribution in [0.5, 0.6) is 0 Å². The van der Waals surface area contributed by atoms with Crippen LogP contribution in [0.15, 0.2) is 0 Å². The van der Waals surface area contributed by atoms with Crippen LogP contribution >= 0.6 is 0 Å². The molecule has 1 atom stereocenters. The molecule has 10 heteroatoms. The van der Waals surface area contributed by atoms with Crippen molar-refractivity contribution >= 4 is 18.3 Å². The lowest BCUT2D eigenvalue weighted by atomic mass is 10.0. The van der Waals surface area contributed by atoms with Crippen molar-refractivity contribution in [3.8, 4) is 0 Å². The number of rotatable bonds is 12. The SMILES string of the molecule is CC(C)C.CC(C)[C@@H](CN(C)CCN(C)CC(=O)O)N(C)C(=O)CNC=O.CN1CCCCC1.O. The van der Waals surface area contributed by atoms with E-state index in [9.17, 15) is 14.4 Å². The molecule has 0 aromatic rings. The quantitative estimate of drug-likeness (QED) is 0.380. The van der Waals surface area contributed by atoms with Crippen LogP contribution < -0.4 is 5.32 Å². The number of carboxylic acid groups (broad SMARTS) is 1. The smallest absolute Gasteiger partial charge is 0.317 e. The number of carbonyl (C=O) groups excluding carboxylic acids is 2. The van der Waals surface area contributed by atoms with Gasteiger partial charge in [0.2, 0.25) is 12.3 Å². The second-order valence-electron chi connectivity index (χ2n) is 10.3. The number of likely N-dealkylation sites (N-methyl/N-ethyl adjacent to an activating group) is 3. The van der Waals surface area contributed by atoms with Gasteiger partial charge in [-0.25, -0.2) is 0 Å². The first-order chi connectivity index (χ1) is 15.8. The van der Waals surface area contributed by atoms with E-state index in [4.69, 9.17) is 5.11 Å². The fraction of sp³-hybridized carbons (Fsp3) is 0.880. The number of amides is 2. The van der Waals surface area contributed by atoms with Gasteiger partial charge in [0, 0.05) is 32.7 Å². The van der Waals surface area contributed by atoms with E-state index in [1.807, 2.05) is 20.9 Å². The Morgan fingerprint density at radius 1 is 0.971 bits per heavy atom. The van der Waals surface area contributed by atoms with E-state index in [0.29, 0.717) is 26.0 Å². The molecule has 1 saturated heterocycles. The van der Waals surface area contributed by atoms with Gasteiger partial charge in [-0.15, -0.1) is 0 Å². The summed E-state index contributed by atoms with van der Waals surface area (Å²) in [6.45, 7) is 15.3. The van der Waals surface area contributed by atoms with Gasteiger partial charge >= 0.3 is 5.97 Å². The summed E-state index contributed by atoms with van der Waals surface area (Å²) < 4.78 is 0. The lowest BCUT2D eigenvalue weighted by Gasteiger charge is -2.35. The third kappa shape index (κ3) is 23.7. The molecule has 0 spiro atoms. The fourth-order valence-electron chi connectivity index (χ4n) is 3.33. The molecule has 2 amide bonds. The number of aliphatic carboxylic acids is 1. The van der Waals surface area contributed by atoms with Crippen molar-refractivity contribution in [2.24, 2.45) is 11.8 Å². The molecule has 35 heavy (non-hydrogen) atoms. The topological polar surface area (TPSA) is 128 Å². The van der Waals surface area contributed by atoms with Crippen LogP contribution in [0.3, 0.4) is 0 Å². The van der Waals surface area contributed by atoms with Crippen molar-refractivity contribution < 1.29 is 25.0 Å². The lowest BCUT2D eigenvalue weighted by molar-refractivity contribution is -0.138. The van der Waals surface area contributed by atoms with E-state index in [0.717, 1.165) is 5.92 Å². The Balaban J connectivity index is -0.000000698. The van der Waals surface area contributed by atoms with Gasteiger partial charge in [0.15, 0.2) is 0 Å². The summed E-state index contributed by atoms with van der Waals surface area (Å²) in [4.78, 5) is 40.9. The molecule has 0 saturated carbocycles. The van der Waals surface area contributed by atoms with Crippen molar-refractivity contribution in [1.82, 2.24) is 24.9 Å². The molecule has 0 bridgehead atoms. The average Bonchev–Trinajstić information content (AvgIpc) is 2.73. The molecule has 10 nitrogen and oxygen atoms in total. The zero-order valence-electron chi connectivity index (χ0n) is 23.8. The summed E-state index contributed by atoms with van der Waals surface area (Å²) in [6.07, 6.45) is 4.79. The molecule has 1 heterocycles. The van der Waals surface area contributed by atoms with Crippen molar-refractivity contribution in [1.29, 1.82) is 0 Å². The Labute approximate surface area is 214 Å². The molecule has 1 rings (SSSR count). The van der Waals surface area contributed by atoms with Crippen molar-refractivity contribution in [2.75, 3.05) is 74.0 Å². The van der Waals surface area contributed by atoms with Gasteiger partial charge in [-0.2, -0.15) is 0 Å². The first-order valence-electron chi connectivity index (χ1n) is 12.5. The summed E-state index contributed by atoms with van der Waals surface area (Å²) in [5.41, 5.74) is 0. The third-order valence-electron chi connectivity index (χ3n) is 5.34. The summed E-state index contributed by atoms with van der Waals surface area (Å²) in [6, 6.07) is 0.0192. The number of piperidine rings is 1. The molecular formula is C25H55N5O5. The predicted molar refractivity (Wildman–Crippen MR) is 144 cm³/mol. The second-order valence-corrected chi connectivity index (χ2v) is 10.3. The lowest BCUT2D eigenvalue weighted by Crippen LogP contribution is -2.50. The first kappa shape index (κ1) is 37.8. The molecule has 1 aliphatic rings. The number of hydrogen-bond acceptors (Lipinski definition) is 6. The maximum atomic E-state index is 12.0. The van der Waals surface area contributed by atoms with E-state index in [-0.39, 0.29) is 36.4 Å². The Morgan fingerprint density at radius 3 is 1.83 bits per heavy atom. The van der Waals surface area contributed by atoms with E-state index >= 15 is 0 Å². The number of carboxylic acids is 1. The number of carbonyl (C=O) groups is 3. The highest BCUT2D eigenvalue weighted by molar-refractivity contribution is 5.80. The summed E-state index contributed by atoms with van der Waals surface area (Å²) >= 11 is 0. The largest absolute Gasteiger partial charge is 0.480 e. The van der Waals surface area contributed by atoms with Crippen molar-refractivity contribution in [2.45, 2.75) is 59.9 Å². The minimum absolute atomic E-state index is 0. The maximum absolute atomic E-state index is 12.0. The first-order valence-corrected chi connectivity index (χ1v) is 12.5. The van der Waals surface area contributed by atoms with Gasteiger partial charge in [-0.1, -0.05) is 41.0 Å². The van der Waals surface area contributed by atoms with Crippen LogP contribution in [0.4, 0.5) is 0 Å².